The van der Waals surface area contributed by atoms with Crippen molar-refractivity contribution in [3.63, 3.8) is 0 Å². The number of likely N-dealkylation sites (tertiary alicyclic amines) is 2. The fraction of sp³-hybridized carbons (Fsp3) is 0.421. The molecule has 0 unspecified atom stereocenters. The normalized spacial score (nSPS) is 18.1. The number of hydrogen-bond acceptors (Lipinski definition) is 3. The lowest BCUT2D eigenvalue weighted by Gasteiger charge is -2.36. The zero-order valence-corrected chi connectivity index (χ0v) is 14.0. The van der Waals surface area contributed by atoms with Crippen LogP contribution >= 0.6 is 0 Å². The third-order valence-electron chi connectivity index (χ3n) is 4.78. The Bertz CT molecular complexity index is 730. The summed E-state index contributed by atoms with van der Waals surface area (Å²) in [5.41, 5.74) is 1.15. The van der Waals surface area contributed by atoms with Crippen molar-refractivity contribution in [2.24, 2.45) is 0 Å². The lowest BCUT2D eigenvalue weighted by Crippen LogP contribution is -2.49. The molecule has 6 nitrogen and oxygen atoms in total. The molecule has 6 heteroatoms. The maximum absolute atomic E-state index is 12.3. The van der Waals surface area contributed by atoms with Gasteiger partial charge in [0.05, 0.1) is 0 Å². The summed E-state index contributed by atoms with van der Waals surface area (Å²) < 4.78 is 0. The maximum Gasteiger partial charge on any atom is 0.313 e. The molecule has 25 heavy (non-hydrogen) atoms. The van der Waals surface area contributed by atoms with E-state index < -0.39 is 11.8 Å². The van der Waals surface area contributed by atoms with Gasteiger partial charge in [0.1, 0.15) is 0 Å². The molecule has 2 aliphatic heterocycles. The first-order valence-corrected chi connectivity index (χ1v) is 8.55. The van der Waals surface area contributed by atoms with Crippen LogP contribution in [-0.4, -0.2) is 53.2 Å². The van der Waals surface area contributed by atoms with Gasteiger partial charge in [-0.15, -0.1) is 6.42 Å². The first-order valence-electron chi connectivity index (χ1n) is 8.55. The highest BCUT2D eigenvalue weighted by Crippen LogP contribution is 2.22. The molecule has 0 spiro atoms. The quantitative estimate of drug-likeness (QED) is 0.651. The maximum atomic E-state index is 12.3. The largest absolute Gasteiger partial charge is 0.340 e. The molecule has 1 aromatic rings. The second-order valence-electron chi connectivity index (χ2n) is 6.39. The number of amides is 3. The Morgan fingerprint density at radius 1 is 1.20 bits per heavy atom. The number of carbonyl (C=O) groups excluding carboxylic acids is 3. The molecule has 0 saturated carbocycles. The van der Waals surface area contributed by atoms with Gasteiger partial charge in [0.2, 0.25) is 5.91 Å². The van der Waals surface area contributed by atoms with Crippen LogP contribution < -0.4 is 5.32 Å². The van der Waals surface area contributed by atoms with Crippen LogP contribution in [0.1, 0.15) is 31.2 Å². The zero-order chi connectivity index (χ0) is 17.8. The first kappa shape index (κ1) is 17.0. The number of hydrogen-bond donors (Lipinski definition) is 1. The Morgan fingerprint density at radius 3 is 2.60 bits per heavy atom. The van der Waals surface area contributed by atoms with Crippen LogP contribution in [0.2, 0.25) is 0 Å². The Kier molecular flexibility index (Phi) is 5.03. The number of benzene rings is 1. The molecule has 130 valence electrons. The molecule has 0 atom stereocenters. The summed E-state index contributed by atoms with van der Waals surface area (Å²) in [4.78, 5) is 39.8. The molecule has 2 aliphatic rings. The molecule has 2 heterocycles. The van der Waals surface area contributed by atoms with Gasteiger partial charge < -0.3 is 15.1 Å². The molecular formula is C19H21N3O3. The van der Waals surface area contributed by atoms with Crippen molar-refractivity contribution in [2.45, 2.75) is 31.7 Å². The molecule has 3 rings (SSSR count). The molecule has 1 N–H and O–H groups in total. The highest BCUT2D eigenvalue weighted by molar-refractivity contribution is 6.39. The lowest BCUT2D eigenvalue weighted by molar-refractivity contribution is -0.144. The van der Waals surface area contributed by atoms with Gasteiger partial charge in [-0.2, -0.15) is 0 Å². The molecule has 3 amide bonds. The summed E-state index contributed by atoms with van der Waals surface area (Å²) in [6.07, 6.45) is 8.31. The molecule has 2 saturated heterocycles. The summed E-state index contributed by atoms with van der Waals surface area (Å²) in [6.45, 7) is 1.79. The number of nitrogens with zero attached hydrogens (tertiary/aromatic N) is 2. The van der Waals surface area contributed by atoms with Crippen LogP contribution in [-0.2, 0) is 14.4 Å². The van der Waals surface area contributed by atoms with Gasteiger partial charge in [0.15, 0.2) is 0 Å². The fourth-order valence-electron chi connectivity index (χ4n) is 3.45. The number of terminal acetylenes is 1. The summed E-state index contributed by atoms with van der Waals surface area (Å²) in [7, 11) is 0. The van der Waals surface area contributed by atoms with Crippen LogP contribution in [0.4, 0.5) is 5.69 Å². The van der Waals surface area contributed by atoms with Gasteiger partial charge in [0.25, 0.3) is 0 Å². The Morgan fingerprint density at radius 2 is 1.96 bits per heavy atom. The van der Waals surface area contributed by atoms with Crippen molar-refractivity contribution < 1.29 is 14.4 Å². The molecule has 1 aromatic carbocycles. The molecule has 0 bridgehead atoms. The van der Waals surface area contributed by atoms with Crippen LogP contribution in [0.5, 0.6) is 0 Å². The highest BCUT2D eigenvalue weighted by atomic mass is 16.2. The minimum Gasteiger partial charge on any atom is -0.340 e. The van der Waals surface area contributed by atoms with E-state index in [4.69, 9.17) is 6.42 Å². The molecular weight excluding hydrogens is 318 g/mol. The number of rotatable bonds is 2. The Balaban J connectivity index is 1.54. The predicted molar refractivity (Wildman–Crippen MR) is 93.6 cm³/mol. The van der Waals surface area contributed by atoms with E-state index in [1.165, 1.54) is 0 Å². The van der Waals surface area contributed by atoms with Crippen molar-refractivity contribution >= 4 is 23.4 Å². The summed E-state index contributed by atoms with van der Waals surface area (Å²) in [5.74, 6) is 1.49. The molecule has 0 aliphatic carbocycles. The van der Waals surface area contributed by atoms with E-state index in [0.29, 0.717) is 30.8 Å². The smallest absolute Gasteiger partial charge is 0.313 e. The number of nitrogens with one attached hydrogen (secondary N) is 1. The number of carbonyl (C=O) groups is 3. The monoisotopic (exact) mass is 339 g/mol. The SMILES string of the molecule is C#Cc1cccc(NC(=O)C(=O)N2CCC(N3CCCC3=O)CC2)c1. The lowest BCUT2D eigenvalue weighted by atomic mass is 10.0. The summed E-state index contributed by atoms with van der Waals surface area (Å²) >= 11 is 0. The van der Waals surface area contributed by atoms with E-state index in [9.17, 15) is 14.4 Å². The van der Waals surface area contributed by atoms with Gasteiger partial charge in [0, 0.05) is 43.3 Å². The second kappa shape index (κ2) is 7.39. The van der Waals surface area contributed by atoms with E-state index in [1.54, 1.807) is 29.2 Å². The van der Waals surface area contributed by atoms with Crippen molar-refractivity contribution in [3.05, 3.63) is 29.8 Å². The third kappa shape index (κ3) is 3.82. The summed E-state index contributed by atoms with van der Waals surface area (Å²) in [6, 6.07) is 7.01. The Labute approximate surface area is 147 Å². The standard InChI is InChI=1S/C19H21N3O3/c1-2-14-5-3-6-15(13-14)20-18(24)19(25)21-11-8-16(9-12-21)22-10-4-7-17(22)23/h1,3,5-6,13,16H,4,7-12H2,(H,20,24). The minimum absolute atomic E-state index is 0.189. The Hall–Kier alpha value is -2.81. The van der Waals surface area contributed by atoms with Crippen LogP contribution in [0.15, 0.2) is 24.3 Å². The van der Waals surface area contributed by atoms with Gasteiger partial charge in [-0.05, 0) is 37.5 Å². The first-order chi connectivity index (χ1) is 12.1. The van der Waals surface area contributed by atoms with Crippen molar-refractivity contribution in [2.75, 3.05) is 25.0 Å². The fourth-order valence-corrected chi connectivity index (χ4v) is 3.45. The van der Waals surface area contributed by atoms with Gasteiger partial charge >= 0.3 is 11.8 Å². The van der Waals surface area contributed by atoms with Crippen LogP contribution in [0, 0.1) is 12.3 Å². The van der Waals surface area contributed by atoms with Gasteiger partial charge in [-0.3, -0.25) is 14.4 Å². The number of piperidine rings is 1. The average molecular weight is 339 g/mol. The molecule has 0 aromatic heterocycles. The predicted octanol–water partition coefficient (Wildman–Crippen LogP) is 1.22. The summed E-state index contributed by atoms with van der Waals surface area (Å²) in [5, 5.41) is 2.60. The zero-order valence-electron chi connectivity index (χ0n) is 14.0. The molecule has 2 fully saturated rings. The van der Waals surface area contributed by atoms with Crippen molar-refractivity contribution in [3.8, 4) is 12.3 Å². The minimum atomic E-state index is -0.662. The van der Waals surface area contributed by atoms with E-state index in [2.05, 4.69) is 11.2 Å². The molecule has 0 radical (unpaired) electrons. The van der Waals surface area contributed by atoms with Crippen LogP contribution in [0.3, 0.4) is 0 Å². The average Bonchev–Trinajstić information content (AvgIpc) is 3.07. The van der Waals surface area contributed by atoms with Gasteiger partial charge in [-0.1, -0.05) is 12.0 Å². The van der Waals surface area contributed by atoms with Crippen molar-refractivity contribution in [1.82, 2.24) is 9.80 Å². The van der Waals surface area contributed by atoms with Crippen LogP contribution in [0.25, 0.3) is 0 Å². The topological polar surface area (TPSA) is 69.7 Å². The second-order valence-corrected chi connectivity index (χ2v) is 6.39. The highest BCUT2D eigenvalue weighted by Gasteiger charge is 2.33. The van der Waals surface area contributed by atoms with E-state index >= 15 is 0 Å². The van der Waals surface area contributed by atoms with E-state index in [0.717, 1.165) is 25.8 Å². The van der Waals surface area contributed by atoms with Gasteiger partial charge in [-0.25, -0.2) is 0 Å². The third-order valence-corrected chi connectivity index (χ3v) is 4.78. The van der Waals surface area contributed by atoms with E-state index in [1.807, 2.05) is 4.90 Å². The number of anilines is 1. The van der Waals surface area contributed by atoms with Crippen molar-refractivity contribution in [1.29, 1.82) is 0 Å². The van der Waals surface area contributed by atoms with E-state index in [-0.39, 0.29) is 11.9 Å².